The molecule has 0 fully saturated rings. The number of nitrogens with zero attached hydrogens (tertiary/aromatic N) is 2. The van der Waals surface area contributed by atoms with Crippen LogP contribution in [0.15, 0.2) is 29.6 Å². The van der Waals surface area contributed by atoms with Crippen LogP contribution in [0.25, 0.3) is 11.0 Å². The first-order valence-electron chi connectivity index (χ1n) is 7.79. The Balaban J connectivity index is 2.01. The van der Waals surface area contributed by atoms with E-state index in [4.69, 9.17) is 9.47 Å². The molecule has 2 aromatic heterocycles. The molecular formula is C17H17N3O6S. The number of hydrogen-bond donors (Lipinski definition) is 2. The second kappa shape index (κ2) is 6.88. The lowest BCUT2D eigenvalue weighted by Gasteiger charge is -2.12. The van der Waals surface area contributed by atoms with Gasteiger partial charge < -0.3 is 19.6 Å². The Kier molecular flexibility index (Phi) is 4.75. The van der Waals surface area contributed by atoms with Gasteiger partial charge in [0.2, 0.25) is 15.0 Å². The second-order valence-corrected chi connectivity index (χ2v) is 7.67. The van der Waals surface area contributed by atoms with Crippen LogP contribution in [0, 0.1) is 6.92 Å². The van der Waals surface area contributed by atoms with Crippen molar-refractivity contribution in [2.75, 3.05) is 14.2 Å². The maximum atomic E-state index is 12.8. The predicted octanol–water partition coefficient (Wildman–Crippen LogP) is 1.96. The van der Waals surface area contributed by atoms with E-state index in [-0.39, 0.29) is 22.2 Å². The number of aromatic carboxylic acids is 1. The largest absolute Gasteiger partial charge is 0.497 e. The van der Waals surface area contributed by atoms with Crippen molar-refractivity contribution < 1.29 is 27.8 Å². The fourth-order valence-corrected chi connectivity index (χ4v) is 3.97. The Bertz CT molecular complexity index is 1140. The summed E-state index contributed by atoms with van der Waals surface area (Å²) in [7, 11) is -1.02. The van der Waals surface area contributed by atoms with E-state index in [0.717, 1.165) is 6.20 Å². The molecular weight excluding hydrogens is 374 g/mol. The molecule has 1 aromatic carbocycles. The van der Waals surface area contributed by atoms with Crippen LogP contribution in [0.3, 0.4) is 0 Å². The van der Waals surface area contributed by atoms with E-state index in [1.165, 1.54) is 14.2 Å². The number of fused-ring (bicyclic) bond motifs is 1. The number of rotatable bonds is 6. The molecule has 3 aromatic rings. The van der Waals surface area contributed by atoms with Crippen LogP contribution >= 0.6 is 0 Å². The molecule has 9 nitrogen and oxygen atoms in total. The van der Waals surface area contributed by atoms with Gasteiger partial charge in [-0.15, -0.1) is 0 Å². The molecule has 27 heavy (non-hydrogen) atoms. The normalized spacial score (nSPS) is 11.5. The monoisotopic (exact) mass is 391 g/mol. The van der Waals surface area contributed by atoms with Crippen LogP contribution in [0.1, 0.15) is 21.6 Å². The van der Waals surface area contributed by atoms with Gasteiger partial charge in [-0.05, 0) is 19.1 Å². The summed E-state index contributed by atoms with van der Waals surface area (Å²) in [6.07, 6.45) is 1.09. The number of aromatic nitrogens is 3. The third-order valence-corrected chi connectivity index (χ3v) is 5.53. The summed E-state index contributed by atoms with van der Waals surface area (Å²) < 4.78 is 35.8. The maximum Gasteiger partial charge on any atom is 0.341 e. The number of ether oxygens (including phenoxy) is 2. The topological polar surface area (TPSA) is 131 Å². The molecule has 0 unspecified atom stereocenters. The summed E-state index contributed by atoms with van der Waals surface area (Å²) >= 11 is 0. The molecule has 0 bridgehead atoms. The molecule has 2 heterocycles. The second-order valence-electron chi connectivity index (χ2n) is 5.77. The number of carboxylic acid groups (broad SMARTS) is 1. The summed E-state index contributed by atoms with van der Waals surface area (Å²) in [4.78, 5) is 22.1. The number of H-pyrrole nitrogens is 1. The molecule has 0 saturated carbocycles. The number of pyridine rings is 1. The van der Waals surface area contributed by atoms with Gasteiger partial charge in [-0.2, -0.15) is 0 Å². The minimum absolute atomic E-state index is 0.0806. The third-order valence-electron chi connectivity index (χ3n) is 4.09. The number of imidazole rings is 1. The van der Waals surface area contributed by atoms with Crippen LogP contribution in [0.2, 0.25) is 0 Å². The molecule has 0 spiro atoms. The maximum absolute atomic E-state index is 12.8. The molecule has 0 aliphatic rings. The predicted molar refractivity (Wildman–Crippen MR) is 96.0 cm³/mol. The van der Waals surface area contributed by atoms with Gasteiger partial charge in [0.15, 0.2) is 0 Å². The molecule has 0 atom stereocenters. The number of sulfone groups is 1. The minimum atomic E-state index is -3.85. The number of carboxylic acids is 1. The van der Waals surface area contributed by atoms with Gasteiger partial charge in [-0.25, -0.2) is 18.2 Å². The Labute approximate surface area is 154 Å². The number of methoxy groups -OCH3 is 2. The first-order chi connectivity index (χ1) is 12.8. The first kappa shape index (κ1) is 18.6. The lowest BCUT2D eigenvalue weighted by Crippen LogP contribution is -2.12. The molecule has 3 rings (SSSR count). The third kappa shape index (κ3) is 3.43. The van der Waals surface area contributed by atoms with Crippen molar-refractivity contribution >= 4 is 26.8 Å². The van der Waals surface area contributed by atoms with Crippen LogP contribution in [0.5, 0.6) is 11.5 Å². The van der Waals surface area contributed by atoms with Gasteiger partial charge in [-0.3, -0.25) is 4.98 Å². The van der Waals surface area contributed by atoms with E-state index >= 15 is 0 Å². The van der Waals surface area contributed by atoms with E-state index < -0.39 is 21.6 Å². The Morgan fingerprint density at radius 1 is 1.26 bits per heavy atom. The zero-order valence-electron chi connectivity index (χ0n) is 14.8. The van der Waals surface area contributed by atoms with Gasteiger partial charge >= 0.3 is 5.97 Å². The van der Waals surface area contributed by atoms with Crippen molar-refractivity contribution in [3.63, 3.8) is 0 Å². The molecule has 0 saturated heterocycles. The Morgan fingerprint density at radius 3 is 2.63 bits per heavy atom. The zero-order chi connectivity index (χ0) is 19.8. The van der Waals surface area contributed by atoms with Gasteiger partial charge in [0, 0.05) is 17.8 Å². The van der Waals surface area contributed by atoms with E-state index in [9.17, 15) is 18.3 Å². The van der Waals surface area contributed by atoms with Gasteiger partial charge in [-0.1, -0.05) is 0 Å². The zero-order valence-corrected chi connectivity index (χ0v) is 15.6. The lowest BCUT2D eigenvalue weighted by molar-refractivity contribution is 0.0692. The average Bonchev–Trinajstić information content (AvgIpc) is 3.07. The molecule has 2 N–H and O–H groups in total. The van der Waals surface area contributed by atoms with Gasteiger partial charge in [0.05, 0.1) is 30.9 Å². The Morgan fingerprint density at radius 2 is 2.00 bits per heavy atom. The van der Waals surface area contributed by atoms with Crippen molar-refractivity contribution in [1.29, 1.82) is 0 Å². The standard InChI is InChI=1S/C17H17N3O6S/c1-9-14(18-7-11(16(21)22)15(9)26-3)8-27(23,24)17-19-12-5-4-10(25-2)6-13(12)20-17/h4-7H,8H2,1-3H3,(H,19,20)(H,21,22). The molecule has 142 valence electrons. The quantitative estimate of drug-likeness (QED) is 0.652. The Hall–Kier alpha value is -3.14. The van der Waals surface area contributed by atoms with E-state index in [1.54, 1.807) is 25.1 Å². The van der Waals surface area contributed by atoms with Gasteiger partial charge in [0.1, 0.15) is 22.8 Å². The van der Waals surface area contributed by atoms with Crippen LogP contribution < -0.4 is 9.47 Å². The van der Waals surface area contributed by atoms with Crippen molar-refractivity contribution in [1.82, 2.24) is 15.0 Å². The number of nitrogens with one attached hydrogen (secondary N) is 1. The molecule has 10 heteroatoms. The van der Waals surface area contributed by atoms with E-state index in [1.807, 2.05) is 0 Å². The molecule has 0 aliphatic heterocycles. The summed E-state index contributed by atoms with van der Waals surface area (Å²) in [5, 5.41) is 8.98. The molecule has 0 amide bonds. The highest BCUT2D eigenvalue weighted by Gasteiger charge is 2.25. The van der Waals surface area contributed by atoms with Crippen LogP contribution in [-0.4, -0.2) is 48.7 Å². The number of hydrogen-bond acceptors (Lipinski definition) is 7. The van der Waals surface area contributed by atoms with Crippen LogP contribution in [-0.2, 0) is 15.6 Å². The van der Waals surface area contributed by atoms with E-state index in [2.05, 4.69) is 15.0 Å². The number of carbonyl (C=O) groups is 1. The summed E-state index contributed by atoms with van der Waals surface area (Å²) in [6, 6.07) is 4.98. The van der Waals surface area contributed by atoms with Crippen molar-refractivity contribution in [2.24, 2.45) is 0 Å². The highest BCUT2D eigenvalue weighted by molar-refractivity contribution is 7.90. The van der Waals surface area contributed by atoms with Crippen molar-refractivity contribution in [3.05, 3.63) is 41.2 Å². The fraction of sp³-hybridized carbons (Fsp3) is 0.235. The van der Waals surface area contributed by atoms with Gasteiger partial charge in [0.25, 0.3) is 0 Å². The smallest absolute Gasteiger partial charge is 0.341 e. The molecule has 0 radical (unpaired) electrons. The minimum Gasteiger partial charge on any atom is -0.497 e. The number of aromatic amines is 1. The molecule has 0 aliphatic carbocycles. The highest BCUT2D eigenvalue weighted by atomic mass is 32.2. The summed E-state index contributed by atoms with van der Waals surface area (Å²) in [6.45, 7) is 1.56. The van der Waals surface area contributed by atoms with Crippen molar-refractivity contribution in [2.45, 2.75) is 17.8 Å². The van der Waals surface area contributed by atoms with Crippen molar-refractivity contribution in [3.8, 4) is 11.5 Å². The van der Waals surface area contributed by atoms with Crippen LogP contribution in [0.4, 0.5) is 0 Å². The lowest BCUT2D eigenvalue weighted by atomic mass is 10.1. The summed E-state index contributed by atoms with van der Waals surface area (Å²) in [5.74, 6) is -1.01. The number of benzene rings is 1. The highest BCUT2D eigenvalue weighted by Crippen LogP contribution is 2.28. The summed E-state index contributed by atoms with van der Waals surface area (Å²) in [5.41, 5.74) is 1.41. The van der Waals surface area contributed by atoms with E-state index in [0.29, 0.717) is 22.3 Å². The fourth-order valence-electron chi connectivity index (χ4n) is 2.68. The first-order valence-corrected chi connectivity index (χ1v) is 9.44. The SMILES string of the molecule is COc1ccc2nc(S(=O)(=O)Cc3ncc(C(=O)O)c(OC)c3C)[nH]c2c1. The average molecular weight is 391 g/mol.